The molecule has 1 aliphatic heterocycles. The molecule has 3 aromatic rings. The monoisotopic (exact) mass is 376 g/mol. The zero-order valence-electron chi connectivity index (χ0n) is 15.4. The van der Waals surface area contributed by atoms with Gasteiger partial charge in [-0.2, -0.15) is 0 Å². The number of aliphatic hydroxyl groups excluding tert-OH is 1. The third-order valence-corrected chi connectivity index (χ3v) is 4.55. The predicted octanol–water partition coefficient (Wildman–Crippen LogP) is 3.46. The van der Waals surface area contributed by atoms with Crippen LogP contribution in [0.4, 0.5) is 5.69 Å². The first kappa shape index (κ1) is 18.0. The molecule has 28 heavy (non-hydrogen) atoms. The van der Waals surface area contributed by atoms with Gasteiger partial charge in [0.2, 0.25) is 0 Å². The van der Waals surface area contributed by atoms with Gasteiger partial charge in [-0.1, -0.05) is 30.3 Å². The van der Waals surface area contributed by atoms with Crippen LogP contribution in [0.25, 0.3) is 22.6 Å². The van der Waals surface area contributed by atoms with Crippen molar-refractivity contribution in [3.63, 3.8) is 0 Å². The van der Waals surface area contributed by atoms with Gasteiger partial charge >= 0.3 is 5.97 Å². The summed E-state index contributed by atoms with van der Waals surface area (Å²) < 4.78 is 10.5. The van der Waals surface area contributed by atoms with Gasteiger partial charge < -0.3 is 19.9 Å². The number of hydrogen-bond donors (Lipinski definition) is 2. The van der Waals surface area contributed by atoms with Crippen LogP contribution in [-0.4, -0.2) is 35.5 Å². The Morgan fingerprint density at radius 1 is 1.21 bits per heavy atom. The highest BCUT2D eigenvalue weighted by Gasteiger charge is 2.24. The van der Waals surface area contributed by atoms with Crippen molar-refractivity contribution in [3.05, 3.63) is 65.9 Å². The molecule has 4 rings (SSSR count). The van der Waals surface area contributed by atoms with Crippen LogP contribution in [0.3, 0.4) is 0 Å². The zero-order chi connectivity index (χ0) is 19.5. The molecular formula is C22H20N2O4. The van der Waals surface area contributed by atoms with Crippen molar-refractivity contribution in [2.24, 2.45) is 0 Å². The van der Waals surface area contributed by atoms with Crippen LogP contribution in [0.1, 0.15) is 18.1 Å². The molecule has 1 unspecified atom stereocenters. The second kappa shape index (κ2) is 7.70. The Morgan fingerprint density at radius 2 is 2.07 bits per heavy atom. The Hall–Kier alpha value is -3.38. The smallest absolute Gasteiger partial charge is 0.344 e. The molecule has 0 saturated heterocycles. The fourth-order valence-electron chi connectivity index (χ4n) is 3.31. The van der Waals surface area contributed by atoms with Crippen molar-refractivity contribution in [1.82, 2.24) is 4.98 Å². The SMILES string of the molecule is CCOC(=O)COc1ccc(C=C2c3ccccc3NC2O)c2cccnc12. The maximum absolute atomic E-state index is 11.6. The number of nitrogens with zero attached hydrogens (tertiary/aromatic N) is 1. The minimum Gasteiger partial charge on any atom is -0.480 e. The van der Waals surface area contributed by atoms with E-state index in [4.69, 9.17) is 9.47 Å². The van der Waals surface area contributed by atoms with E-state index in [1.165, 1.54) is 0 Å². The summed E-state index contributed by atoms with van der Waals surface area (Å²) in [5, 5.41) is 14.4. The van der Waals surface area contributed by atoms with Gasteiger partial charge in [-0.25, -0.2) is 4.79 Å². The van der Waals surface area contributed by atoms with E-state index in [0.717, 1.165) is 27.8 Å². The molecule has 0 amide bonds. The summed E-state index contributed by atoms with van der Waals surface area (Å²) in [6.07, 6.45) is 2.85. The minimum absolute atomic E-state index is 0.171. The molecule has 0 radical (unpaired) electrons. The van der Waals surface area contributed by atoms with Crippen LogP contribution in [0, 0.1) is 0 Å². The van der Waals surface area contributed by atoms with E-state index >= 15 is 0 Å². The van der Waals surface area contributed by atoms with E-state index in [-0.39, 0.29) is 6.61 Å². The number of carbonyl (C=O) groups excluding carboxylic acids is 1. The number of rotatable bonds is 5. The molecule has 2 aromatic carbocycles. The summed E-state index contributed by atoms with van der Waals surface area (Å²) in [6, 6.07) is 15.2. The first-order valence-electron chi connectivity index (χ1n) is 9.09. The first-order valence-corrected chi connectivity index (χ1v) is 9.09. The van der Waals surface area contributed by atoms with Crippen LogP contribution >= 0.6 is 0 Å². The topological polar surface area (TPSA) is 80.7 Å². The largest absolute Gasteiger partial charge is 0.480 e. The van der Waals surface area contributed by atoms with Crippen LogP contribution in [0.15, 0.2) is 54.7 Å². The van der Waals surface area contributed by atoms with Crippen molar-refractivity contribution in [3.8, 4) is 5.75 Å². The molecular weight excluding hydrogens is 356 g/mol. The lowest BCUT2D eigenvalue weighted by Gasteiger charge is -2.11. The van der Waals surface area contributed by atoms with Gasteiger partial charge in [-0.05, 0) is 36.8 Å². The van der Waals surface area contributed by atoms with Crippen molar-refractivity contribution in [2.75, 3.05) is 18.5 Å². The Labute approximate surface area is 162 Å². The third kappa shape index (κ3) is 3.42. The fourth-order valence-corrected chi connectivity index (χ4v) is 3.31. The average Bonchev–Trinajstić information content (AvgIpc) is 3.03. The number of anilines is 1. The number of esters is 1. The number of nitrogens with one attached hydrogen (secondary N) is 1. The number of pyridine rings is 1. The maximum atomic E-state index is 11.6. The Bertz CT molecular complexity index is 1060. The van der Waals surface area contributed by atoms with E-state index in [1.807, 2.05) is 48.5 Å². The van der Waals surface area contributed by atoms with Crippen molar-refractivity contribution in [2.45, 2.75) is 13.2 Å². The van der Waals surface area contributed by atoms with Gasteiger partial charge in [-0.15, -0.1) is 0 Å². The molecule has 2 N–H and O–H groups in total. The number of fused-ring (bicyclic) bond motifs is 2. The molecule has 0 fully saturated rings. The molecule has 6 heteroatoms. The summed E-state index contributed by atoms with van der Waals surface area (Å²) in [6.45, 7) is 1.89. The first-order chi connectivity index (χ1) is 13.7. The van der Waals surface area contributed by atoms with Gasteiger partial charge in [0.15, 0.2) is 12.8 Å². The lowest BCUT2D eigenvalue weighted by Crippen LogP contribution is -2.14. The highest BCUT2D eigenvalue weighted by Crippen LogP contribution is 2.37. The van der Waals surface area contributed by atoms with Crippen molar-refractivity contribution >= 4 is 34.2 Å². The average molecular weight is 376 g/mol. The maximum Gasteiger partial charge on any atom is 0.344 e. The van der Waals surface area contributed by atoms with Crippen LogP contribution in [0.5, 0.6) is 5.75 Å². The van der Waals surface area contributed by atoms with Crippen molar-refractivity contribution in [1.29, 1.82) is 0 Å². The summed E-state index contributed by atoms with van der Waals surface area (Å²) in [7, 11) is 0. The second-order valence-corrected chi connectivity index (χ2v) is 6.34. The number of hydrogen-bond acceptors (Lipinski definition) is 6. The number of carbonyl (C=O) groups is 1. The van der Waals surface area contributed by atoms with Gasteiger partial charge in [0.1, 0.15) is 11.3 Å². The minimum atomic E-state index is -0.774. The summed E-state index contributed by atoms with van der Waals surface area (Å²) in [5.41, 5.74) is 4.21. The zero-order valence-corrected chi connectivity index (χ0v) is 15.4. The second-order valence-electron chi connectivity index (χ2n) is 6.34. The van der Waals surface area contributed by atoms with Gasteiger partial charge in [0.05, 0.1) is 6.61 Å². The highest BCUT2D eigenvalue weighted by molar-refractivity contribution is 6.00. The number of para-hydroxylation sites is 1. The van der Waals surface area contributed by atoms with E-state index in [2.05, 4.69) is 10.3 Å². The fraction of sp³-hybridized carbons (Fsp3) is 0.182. The summed E-state index contributed by atoms with van der Waals surface area (Å²) >= 11 is 0. The van der Waals surface area contributed by atoms with Gasteiger partial charge in [0.25, 0.3) is 0 Å². The number of benzene rings is 2. The molecule has 142 valence electrons. The molecule has 1 atom stereocenters. The highest BCUT2D eigenvalue weighted by atomic mass is 16.6. The molecule has 2 heterocycles. The van der Waals surface area contributed by atoms with E-state index < -0.39 is 12.2 Å². The number of ether oxygens (including phenoxy) is 2. The summed E-state index contributed by atoms with van der Waals surface area (Å²) in [4.78, 5) is 16.0. The molecule has 1 aromatic heterocycles. The standard InChI is InChI=1S/C22H20N2O4/c1-2-27-20(25)13-28-19-10-9-14(15-7-5-11-23-21(15)19)12-17-16-6-3-4-8-18(16)24-22(17)26/h3-12,22,24,26H,2,13H2,1H3. The molecule has 0 bridgehead atoms. The van der Waals surface area contributed by atoms with Crippen molar-refractivity contribution < 1.29 is 19.4 Å². The Morgan fingerprint density at radius 3 is 2.93 bits per heavy atom. The molecule has 0 aliphatic carbocycles. The summed E-state index contributed by atoms with van der Waals surface area (Å²) in [5.74, 6) is 0.0887. The van der Waals surface area contributed by atoms with E-state index in [0.29, 0.717) is 17.9 Å². The van der Waals surface area contributed by atoms with Gasteiger partial charge in [-0.3, -0.25) is 4.98 Å². The Balaban J connectivity index is 1.72. The Kier molecular flexibility index (Phi) is 4.95. The normalized spacial score (nSPS) is 16.6. The van der Waals surface area contributed by atoms with E-state index in [1.54, 1.807) is 19.2 Å². The third-order valence-electron chi connectivity index (χ3n) is 4.55. The number of aliphatic hydroxyl groups is 1. The van der Waals surface area contributed by atoms with Crippen LogP contribution in [0.2, 0.25) is 0 Å². The van der Waals surface area contributed by atoms with Gasteiger partial charge in [0, 0.05) is 28.4 Å². The van der Waals surface area contributed by atoms with Crippen LogP contribution in [-0.2, 0) is 9.53 Å². The molecule has 0 spiro atoms. The number of aromatic nitrogens is 1. The quantitative estimate of drug-likeness (QED) is 0.664. The lowest BCUT2D eigenvalue weighted by atomic mass is 10.0. The molecule has 6 nitrogen and oxygen atoms in total. The molecule has 0 saturated carbocycles. The molecule has 1 aliphatic rings. The van der Waals surface area contributed by atoms with Crippen LogP contribution < -0.4 is 10.1 Å². The lowest BCUT2D eigenvalue weighted by molar-refractivity contribution is -0.145. The predicted molar refractivity (Wildman–Crippen MR) is 108 cm³/mol. The van der Waals surface area contributed by atoms with E-state index in [9.17, 15) is 9.90 Å².